The molecule has 2 aliphatic heterocycles. The third kappa shape index (κ3) is 4.97. The molecular formula is C20H29N3O3. The fourth-order valence-corrected chi connectivity index (χ4v) is 3.47. The highest BCUT2D eigenvalue weighted by Gasteiger charge is 2.31. The van der Waals surface area contributed by atoms with Crippen LogP contribution in [0.5, 0.6) is 5.75 Å². The van der Waals surface area contributed by atoms with E-state index < -0.39 is 0 Å². The Bertz CT molecular complexity index is 611. The SMILES string of the molecule is CC1CNC(=O)N(Cc2ccc(OCCCN3CCCCC3)cc2)C1=O. The lowest BCUT2D eigenvalue weighted by Crippen LogP contribution is -2.53. The molecule has 1 unspecified atom stereocenters. The van der Waals surface area contributed by atoms with E-state index in [2.05, 4.69) is 10.2 Å². The number of urea groups is 1. The lowest BCUT2D eigenvalue weighted by Gasteiger charge is -2.29. The molecule has 26 heavy (non-hydrogen) atoms. The van der Waals surface area contributed by atoms with Crippen LogP contribution in [0, 0.1) is 5.92 Å². The summed E-state index contributed by atoms with van der Waals surface area (Å²) < 4.78 is 5.81. The lowest BCUT2D eigenvalue weighted by atomic mass is 10.1. The normalized spacial score (nSPS) is 21.6. The van der Waals surface area contributed by atoms with Crippen LogP contribution >= 0.6 is 0 Å². The molecule has 2 aliphatic rings. The van der Waals surface area contributed by atoms with E-state index in [1.54, 1.807) is 0 Å². The number of likely N-dealkylation sites (tertiary alicyclic amines) is 1. The van der Waals surface area contributed by atoms with Crippen molar-refractivity contribution in [2.45, 2.75) is 39.2 Å². The second-order valence-electron chi connectivity index (χ2n) is 7.26. The van der Waals surface area contributed by atoms with Crippen LogP contribution in [0.15, 0.2) is 24.3 Å². The molecule has 3 amide bonds. The molecule has 6 heteroatoms. The number of nitrogens with one attached hydrogen (secondary N) is 1. The summed E-state index contributed by atoms with van der Waals surface area (Å²) in [7, 11) is 0. The van der Waals surface area contributed by atoms with E-state index in [0.29, 0.717) is 19.7 Å². The standard InChI is InChI=1S/C20H29N3O3/c1-16-14-21-20(25)23(19(16)24)15-17-6-8-18(9-7-17)26-13-5-12-22-10-3-2-4-11-22/h6-9,16H,2-5,10-15H2,1H3,(H,21,25). The van der Waals surface area contributed by atoms with Crippen LogP contribution in [0.3, 0.4) is 0 Å². The first-order valence-electron chi connectivity index (χ1n) is 9.67. The minimum absolute atomic E-state index is 0.119. The average Bonchev–Trinajstić information content (AvgIpc) is 2.67. The van der Waals surface area contributed by atoms with Gasteiger partial charge in [0.25, 0.3) is 0 Å². The van der Waals surface area contributed by atoms with Crippen molar-refractivity contribution in [2.75, 3.05) is 32.8 Å². The number of rotatable bonds is 7. The van der Waals surface area contributed by atoms with Gasteiger partial charge in [-0.2, -0.15) is 0 Å². The number of carbonyl (C=O) groups excluding carboxylic acids is 2. The highest BCUT2D eigenvalue weighted by Crippen LogP contribution is 2.17. The van der Waals surface area contributed by atoms with E-state index in [9.17, 15) is 9.59 Å². The summed E-state index contributed by atoms with van der Waals surface area (Å²) >= 11 is 0. The maximum absolute atomic E-state index is 12.1. The maximum Gasteiger partial charge on any atom is 0.324 e. The average molecular weight is 359 g/mol. The Labute approximate surface area is 155 Å². The van der Waals surface area contributed by atoms with E-state index in [0.717, 1.165) is 24.3 Å². The zero-order valence-corrected chi connectivity index (χ0v) is 15.6. The Hall–Kier alpha value is -2.08. The van der Waals surface area contributed by atoms with E-state index in [1.807, 2.05) is 31.2 Å². The van der Waals surface area contributed by atoms with Gasteiger partial charge >= 0.3 is 6.03 Å². The second kappa shape index (κ2) is 9.03. The zero-order chi connectivity index (χ0) is 18.4. The van der Waals surface area contributed by atoms with Gasteiger partial charge in [0.05, 0.1) is 19.1 Å². The van der Waals surface area contributed by atoms with Crippen molar-refractivity contribution in [3.05, 3.63) is 29.8 Å². The first kappa shape index (κ1) is 18.7. The van der Waals surface area contributed by atoms with Crippen molar-refractivity contribution in [1.29, 1.82) is 0 Å². The maximum atomic E-state index is 12.1. The summed E-state index contributed by atoms with van der Waals surface area (Å²) in [6.45, 7) is 6.78. The molecule has 2 heterocycles. The van der Waals surface area contributed by atoms with Crippen LogP contribution in [-0.4, -0.2) is 54.5 Å². The third-order valence-electron chi connectivity index (χ3n) is 5.09. The summed E-state index contributed by atoms with van der Waals surface area (Å²) in [6.07, 6.45) is 5.03. The van der Waals surface area contributed by atoms with Crippen molar-refractivity contribution in [1.82, 2.24) is 15.1 Å². The Kier molecular flexibility index (Phi) is 6.50. The fraction of sp³-hybridized carbons (Fsp3) is 0.600. The van der Waals surface area contributed by atoms with Gasteiger partial charge in [-0.3, -0.25) is 9.69 Å². The van der Waals surface area contributed by atoms with Crippen molar-refractivity contribution in [3.63, 3.8) is 0 Å². The summed E-state index contributed by atoms with van der Waals surface area (Å²) in [5.41, 5.74) is 0.920. The number of piperidine rings is 1. The van der Waals surface area contributed by atoms with Crippen LogP contribution in [0.1, 0.15) is 38.2 Å². The first-order valence-corrected chi connectivity index (χ1v) is 9.67. The molecule has 2 saturated heterocycles. The fourth-order valence-electron chi connectivity index (χ4n) is 3.47. The van der Waals surface area contributed by atoms with Gasteiger partial charge in [0.1, 0.15) is 5.75 Å². The molecule has 2 fully saturated rings. The third-order valence-corrected chi connectivity index (χ3v) is 5.09. The zero-order valence-electron chi connectivity index (χ0n) is 15.6. The Morgan fingerprint density at radius 1 is 1.12 bits per heavy atom. The molecule has 0 saturated carbocycles. The number of amides is 3. The van der Waals surface area contributed by atoms with Gasteiger partial charge in [0.2, 0.25) is 5.91 Å². The molecule has 1 aromatic rings. The van der Waals surface area contributed by atoms with E-state index >= 15 is 0 Å². The van der Waals surface area contributed by atoms with Gasteiger partial charge in [0, 0.05) is 13.1 Å². The highest BCUT2D eigenvalue weighted by molar-refractivity contribution is 5.97. The molecule has 1 atom stereocenters. The Morgan fingerprint density at radius 3 is 2.58 bits per heavy atom. The number of hydrogen-bond donors (Lipinski definition) is 1. The Balaban J connectivity index is 1.43. The molecule has 6 nitrogen and oxygen atoms in total. The molecule has 0 aliphatic carbocycles. The van der Waals surface area contributed by atoms with Crippen LogP contribution < -0.4 is 10.1 Å². The minimum Gasteiger partial charge on any atom is -0.494 e. The highest BCUT2D eigenvalue weighted by atomic mass is 16.5. The number of carbonyl (C=O) groups is 2. The molecule has 0 spiro atoms. The van der Waals surface area contributed by atoms with Gasteiger partial charge < -0.3 is 15.0 Å². The number of hydrogen-bond acceptors (Lipinski definition) is 4. The predicted octanol–water partition coefficient (Wildman–Crippen LogP) is 2.63. The number of ether oxygens (including phenoxy) is 1. The summed E-state index contributed by atoms with van der Waals surface area (Å²) in [4.78, 5) is 27.8. The van der Waals surface area contributed by atoms with Gasteiger partial charge in [0.15, 0.2) is 0 Å². The quantitative estimate of drug-likeness (QED) is 0.760. The van der Waals surface area contributed by atoms with Gasteiger partial charge in [-0.25, -0.2) is 4.79 Å². The number of imide groups is 1. The van der Waals surface area contributed by atoms with Crippen molar-refractivity contribution in [3.8, 4) is 5.75 Å². The second-order valence-corrected chi connectivity index (χ2v) is 7.26. The van der Waals surface area contributed by atoms with Gasteiger partial charge in [-0.15, -0.1) is 0 Å². The van der Waals surface area contributed by atoms with Crippen LogP contribution in [0.2, 0.25) is 0 Å². The molecule has 0 bridgehead atoms. The lowest BCUT2D eigenvalue weighted by molar-refractivity contribution is -0.133. The summed E-state index contributed by atoms with van der Waals surface area (Å²) in [6, 6.07) is 7.34. The van der Waals surface area contributed by atoms with Gasteiger partial charge in [-0.05, 0) is 50.0 Å². The molecule has 0 radical (unpaired) electrons. The monoisotopic (exact) mass is 359 g/mol. The number of nitrogens with zero attached hydrogens (tertiary/aromatic N) is 2. The van der Waals surface area contributed by atoms with Crippen LogP contribution in [0.25, 0.3) is 0 Å². The smallest absolute Gasteiger partial charge is 0.324 e. The largest absolute Gasteiger partial charge is 0.494 e. The van der Waals surface area contributed by atoms with Crippen molar-refractivity contribution in [2.24, 2.45) is 5.92 Å². The van der Waals surface area contributed by atoms with Crippen LogP contribution in [0.4, 0.5) is 4.79 Å². The van der Waals surface area contributed by atoms with E-state index in [-0.39, 0.29) is 17.9 Å². The first-order chi connectivity index (χ1) is 12.6. The molecule has 142 valence electrons. The number of benzene rings is 1. The van der Waals surface area contributed by atoms with Crippen molar-refractivity contribution >= 4 is 11.9 Å². The van der Waals surface area contributed by atoms with E-state index in [4.69, 9.17) is 4.74 Å². The topological polar surface area (TPSA) is 61.9 Å². The predicted molar refractivity (Wildman–Crippen MR) is 100.0 cm³/mol. The minimum atomic E-state index is -0.314. The molecular weight excluding hydrogens is 330 g/mol. The summed E-state index contributed by atoms with van der Waals surface area (Å²) in [5.74, 6) is 0.539. The van der Waals surface area contributed by atoms with Gasteiger partial charge in [-0.1, -0.05) is 25.5 Å². The Morgan fingerprint density at radius 2 is 1.85 bits per heavy atom. The van der Waals surface area contributed by atoms with E-state index in [1.165, 1.54) is 37.3 Å². The molecule has 1 N–H and O–H groups in total. The molecule has 1 aromatic carbocycles. The van der Waals surface area contributed by atoms with Crippen LogP contribution in [-0.2, 0) is 11.3 Å². The molecule has 3 rings (SSSR count). The van der Waals surface area contributed by atoms with Crippen molar-refractivity contribution < 1.29 is 14.3 Å². The molecule has 0 aromatic heterocycles. The summed E-state index contributed by atoms with van der Waals surface area (Å²) in [5, 5.41) is 2.74.